The molecule has 0 unspecified atom stereocenters. The average Bonchev–Trinajstić information content (AvgIpc) is 3.29. The quantitative estimate of drug-likeness (QED) is 0.883. The summed E-state index contributed by atoms with van der Waals surface area (Å²) in [5, 5.41) is 11.8. The van der Waals surface area contributed by atoms with Crippen LogP contribution in [-0.4, -0.2) is 17.0 Å². The molecular formula is C20H21NO3. The summed E-state index contributed by atoms with van der Waals surface area (Å²) >= 11 is 0. The number of nitrogens with one attached hydrogen (secondary N) is 1. The number of carboxylic acid groups (broad SMARTS) is 1. The molecule has 1 fully saturated rings. The van der Waals surface area contributed by atoms with Crippen molar-refractivity contribution in [3.8, 4) is 0 Å². The van der Waals surface area contributed by atoms with E-state index in [4.69, 9.17) is 5.11 Å². The van der Waals surface area contributed by atoms with Crippen LogP contribution in [0.25, 0.3) is 0 Å². The summed E-state index contributed by atoms with van der Waals surface area (Å²) in [7, 11) is 0. The van der Waals surface area contributed by atoms with E-state index >= 15 is 0 Å². The van der Waals surface area contributed by atoms with Gasteiger partial charge in [0.05, 0.1) is 11.8 Å². The van der Waals surface area contributed by atoms with Gasteiger partial charge in [-0.25, -0.2) is 0 Å². The highest BCUT2D eigenvalue weighted by Gasteiger charge is 2.51. The molecule has 0 aromatic heterocycles. The summed E-state index contributed by atoms with van der Waals surface area (Å²) in [4.78, 5) is 23.5. The predicted octanol–water partition coefficient (Wildman–Crippen LogP) is 3.60. The molecule has 0 heterocycles. The van der Waals surface area contributed by atoms with Crippen molar-refractivity contribution in [3.63, 3.8) is 0 Å². The number of amides is 1. The highest BCUT2D eigenvalue weighted by atomic mass is 16.4. The first kappa shape index (κ1) is 16.2. The maximum absolute atomic E-state index is 12.8. The van der Waals surface area contributed by atoms with E-state index in [-0.39, 0.29) is 12.3 Å². The van der Waals surface area contributed by atoms with Gasteiger partial charge in [-0.05, 0) is 49.9 Å². The fourth-order valence-electron chi connectivity index (χ4n) is 3.15. The Hall–Kier alpha value is -2.62. The van der Waals surface area contributed by atoms with Gasteiger partial charge < -0.3 is 10.4 Å². The molecule has 24 heavy (non-hydrogen) atoms. The zero-order valence-corrected chi connectivity index (χ0v) is 13.9. The van der Waals surface area contributed by atoms with Gasteiger partial charge in [0.15, 0.2) is 0 Å². The minimum absolute atomic E-state index is 0.0125. The molecule has 0 radical (unpaired) electrons. The van der Waals surface area contributed by atoms with E-state index in [0.717, 1.165) is 24.0 Å². The van der Waals surface area contributed by atoms with Gasteiger partial charge in [-0.15, -0.1) is 0 Å². The van der Waals surface area contributed by atoms with Crippen molar-refractivity contribution in [2.24, 2.45) is 0 Å². The number of hydrogen-bond donors (Lipinski definition) is 2. The Kier molecular flexibility index (Phi) is 4.14. The van der Waals surface area contributed by atoms with Crippen molar-refractivity contribution in [1.29, 1.82) is 0 Å². The average molecular weight is 323 g/mol. The second kappa shape index (κ2) is 6.11. The van der Waals surface area contributed by atoms with Crippen molar-refractivity contribution < 1.29 is 14.7 Å². The Bertz CT molecular complexity index is 769. The molecule has 0 spiro atoms. The summed E-state index contributed by atoms with van der Waals surface area (Å²) in [5.74, 6) is -0.850. The molecule has 1 aliphatic rings. The molecule has 2 N–H and O–H groups in total. The van der Waals surface area contributed by atoms with Crippen molar-refractivity contribution in [2.75, 3.05) is 5.32 Å². The Labute approximate surface area is 141 Å². The number of carbonyl (C=O) groups excluding carboxylic acids is 1. The topological polar surface area (TPSA) is 66.4 Å². The Balaban J connectivity index is 1.76. The van der Waals surface area contributed by atoms with E-state index in [1.54, 1.807) is 24.3 Å². The van der Waals surface area contributed by atoms with Crippen molar-refractivity contribution in [2.45, 2.75) is 38.5 Å². The van der Waals surface area contributed by atoms with E-state index < -0.39 is 11.4 Å². The van der Waals surface area contributed by atoms with Gasteiger partial charge in [0.1, 0.15) is 0 Å². The molecule has 0 saturated heterocycles. The zero-order chi connectivity index (χ0) is 17.3. The third-order valence-corrected chi connectivity index (χ3v) is 4.53. The fourth-order valence-corrected chi connectivity index (χ4v) is 3.15. The van der Waals surface area contributed by atoms with Gasteiger partial charge in [-0.2, -0.15) is 0 Å². The van der Waals surface area contributed by atoms with Gasteiger partial charge in [-0.3, -0.25) is 9.59 Å². The molecule has 2 aromatic rings. The molecule has 0 aliphatic heterocycles. The number of carbonyl (C=O) groups is 2. The first-order valence-electron chi connectivity index (χ1n) is 8.10. The monoisotopic (exact) mass is 323 g/mol. The highest BCUT2D eigenvalue weighted by Crippen LogP contribution is 2.49. The highest BCUT2D eigenvalue weighted by molar-refractivity contribution is 6.01. The normalized spacial score (nSPS) is 14.9. The lowest BCUT2D eigenvalue weighted by Crippen LogP contribution is -2.28. The molecule has 124 valence electrons. The molecule has 4 nitrogen and oxygen atoms in total. The van der Waals surface area contributed by atoms with Crippen LogP contribution in [0.2, 0.25) is 0 Å². The number of aliphatic carboxylic acids is 1. The van der Waals surface area contributed by atoms with Crippen LogP contribution in [0.4, 0.5) is 5.69 Å². The molecule has 0 atom stereocenters. The Morgan fingerprint density at radius 3 is 2.12 bits per heavy atom. The summed E-state index contributed by atoms with van der Waals surface area (Å²) < 4.78 is 0. The Morgan fingerprint density at radius 2 is 1.62 bits per heavy atom. The summed E-state index contributed by atoms with van der Waals surface area (Å²) in [6, 6.07) is 13.3. The van der Waals surface area contributed by atoms with Crippen LogP contribution in [0, 0.1) is 13.8 Å². The van der Waals surface area contributed by atoms with E-state index in [0.29, 0.717) is 5.69 Å². The number of benzene rings is 2. The number of rotatable bonds is 5. The third kappa shape index (κ3) is 3.32. The molecule has 1 aliphatic carbocycles. The molecule has 1 amide bonds. The summed E-state index contributed by atoms with van der Waals surface area (Å²) in [6.07, 6.45) is 1.71. The maximum atomic E-state index is 12.8. The van der Waals surface area contributed by atoms with E-state index in [1.165, 1.54) is 11.1 Å². The van der Waals surface area contributed by atoms with Crippen LogP contribution in [0.15, 0.2) is 42.5 Å². The lowest BCUT2D eigenvalue weighted by molar-refractivity contribution is -0.136. The van der Waals surface area contributed by atoms with Crippen LogP contribution in [0.5, 0.6) is 0 Å². The lowest BCUT2D eigenvalue weighted by Gasteiger charge is -2.17. The molecule has 1 saturated carbocycles. The number of anilines is 1. The van der Waals surface area contributed by atoms with E-state index in [9.17, 15) is 9.59 Å². The number of aryl methyl sites for hydroxylation is 2. The second-order valence-electron chi connectivity index (χ2n) is 6.68. The summed E-state index contributed by atoms with van der Waals surface area (Å²) in [6.45, 7) is 4.09. The minimum Gasteiger partial charge on any atom is -0.481 e. The van der Waals surface area contributed by atoms with Crippen LogP contribution < -0.4 is 5.32 Å². The van der Waals surface area contributed by atoms with Crippen LogP contribution in [0.3, 0.4) is 0 Å². The molecule has 2 aromatic carbocycles. The zero-order valence-electron chi connectivity index (χ0n) is 13.9. The summed E-state index contributed by atoms with van der Waals surface area (Å²) in [5.41, 5.74) is 4.42. The van der Waals surface area contributed by atoms with E-state index in [2.05, 4.69) is 23.5 Å². The smallest absolute Gasteiger partial charge is 0.307 e. The number of hydrogen-bond acceptors (Lipinski definition) is 2. The van der Waals surface area contributed by atoms with Gasteiger partial charge in [-0.1, -0.05) is 41.5 Å². The maximum Gasteiger partial charge on any atom is 0.307 e. The minimum atomic E-state index is -0.862. The second-order valence-corrected chi connectivity index (χ2v) is 6.68. The fraction of sp³-hybridized carbons (Fsp3) is 0.300. The predicted molar refractivity (Wildman–Crippen MR) is 93.2 cm³/mol. The van der Waals surface area contributed by atoms with Gasteiger partial charge in [0.2, 0.25) is 5.91 Å². The van der Waals surface area contributed by atoms with Crippen LogP contribution in [0.1, 0.15) is 35.1 Å². The largest absolute Gasteiger partial charge is 0.481 e. The van der Waals surface area contributed by atoms with E-state index in [1.807, 2.05) is 13.8 Å². The molecule has 4 heteroatoms. The first-order valence-corrected chi connectivity index (χ1v) is 8.10. The molecular weight excluding hydrogens is 302 g/mol. The van der Waals surface area contributed by atoms with Gasteiger partial charge in [0.25, 0.3) is 0 Å². The SMILES string of the molecule is Cc1cc(C)cc(C2(C(=O)Nc3ccc(CC(=O)O)cc3)CC2)c1. The molecule has 0 bridgehead atoms. The van der Waals surface area contributed by atoms with Gasteiger partial charge >= 0.3 is 5.97 Å². The standard InChI is InChI=1S/C20H21NO3/c1-13-9-14(2)11-16(10-13)20(7-8-20)19(24)21-17-5-3-15(4-6-17)12-18(22)23/h3-6,9-11H,7-8,12H2,1-2H3,(H,21,24)(H,22,23). The third-order valence-electron chi connectivity index (χ3n) is 4.53. The lowest BCUT2D eigenvalue weighted by atomic mass is 9.92. The number of carboxylic acids is 1. The van der Waals surface area contributed by atoms with Crippen LogP contribution in [-0.2, 0) is 21.4 Å². The van der Waals surface area contributed by atoms with Crippen LogP contribution >= 0.6 is 0 Å². The molecule has 3 rings (SSSR count). The first-order chi connectivity index (χ1) is 11.4. The van der Waals surface area contributed by atoms with Crippen molar-refractivity contribution in [1.82, 2.24) is 0 Å². The van der Waals surface area contributed by atoms with Crippen molar-refractivity contribution in [3.05, 3.63) is 64.7 Å². The van der Waals surface area contributed by atoms with Gasteiger partial charge in [0, 0.05) is 5.69 Å². The Morgan fingerprint density at radius 1 is 1.04 bits per heavy atom. The van der Waals surface area contributed by atoms with Crippen molar-refractivity contribution >= 4 is 17.6 Å².